The number of anilines is 2. The van der Waals surface area contributed by atoms with E-state index < -0.39 is 11.8 Å². The van der Waals surface area contributed by atoms with E-state index >= 15 is 0 Å². The molecule has 25 heavy (non-hydrogen) atoms. The summed E-state index contributed by atoms with van der Waals surface area (Å²) in [7, 11) is 1.46. The molecule has 132 valence electrons. The third kappa shape index (κ3) is 5.35. The largest absolute Gasteiger partial charge is 0.495 e. The summed E-state index contributed by atoms with van der Waals surface area (Å²) in [5.41, 5.74) is 0.877. The molecule has 0 fully saturated rings. The summed E-state index contributed by atoms with van der Waals surface area (Å²) in [5, 5.41) is 7.67. The van der Waals surface area contributed by atoms with Crippen LogP contribution in [0.1, 0.15) is 17.5 Å². The number of carbonyl (C=O) groups excluding carboxylic acids is 3. The van der Waals surface area contributed by atoms with Gasteiger partial charge in [0, 0.05) is 12.6 Å². The zero-order chi connectivity index (χ0) is 18.4. The fraction of sp³-hybridized carbons (Fsp3) is 0.188. The molecule has 2 rings (SSSR count). The molecule has 0 aliphatic rings. The molecule has 9 heteroatoms. The van der Waals surface area contributed by atoms with Crippen LogP contribution < -0.4 is 20.7 Å². The Kier molecular flexibility index (Phi) is 6.18. The van der Waals surface area contributed by atoms with Gasteiger partial charge in [-0.1, -0.05) is 0 Å². The lowest BCUT2D eigenvalue weighted by molar-refractivity contribution is -0.115. The van der Waals surface area contributed by atoms with Crippen LogP contribution in [-0.2, 0) is 9.59 Å². The van der Waals surface area contributed by atoms with Crippen molar-refractivity contribution in [2.75, 3.05) is 24.3 Å². The van der Waals surface area contributed by atoms with Crippen LogP contribution in [0.3, 0.4) is 0 Å². The van der Waals surface area contributed by atoms with Gasteiger partial charge in [-0.2, -0.15) is 0 Å². The number of furan rings is 1. The third-order valence-corrected chi connectivity index (χ3v) is 3.43. The Balaban J connectivity index is 1.99. The maximum absolute atomic E-state index is 12.0. The first-order chi connectivity index (χ1) is 11.9. The van der Waals surface area contributed by atoms with E-state index in [9.17, 15) is 14.4 Å². The van der Waals surface area contributed by atoms with Gasteiger partial charge in [0.25, 0.3) is 5.91 Å². The number of rotatable bonds is 6. The minimum absolute atomic E-state index is 0.0879. The van der Waals surface area contributed by atoms with Crippen LogP contribution in [0.25, 0.3) is 0 Å². The quantitative estimate of drug-likeness (QED) is 0.678. The van der Waals surface area contributed by atoms with Crippen LogP contribution in [0, 0.1) is 0 Å². The van der Waals surface area contributed by atoms with Gasteiger partial charge in [-0.05, 0) is 46.3 Å². The fourth-order valence-corrected chi connectivity index (χ4v) is 2.27. The number of hydrogen-bond acceptors (Lipinski definition) is 5. The summed E-state index contributed by atoms with van der Waals surface area (Å²) in [6.45, 7) is 1.12. The van der Waals surface area contributed by atoms with Crippen molar-refractivity contribution in [3.8, 4) is 5.75 Å². The van der Waals surface area contributed by atoms with Crippen molar-refractivity contribution >= 4 is 45.0 Å². The van der Waals surface area contributed by atoms with E-state index in [1.807, 2.05) is 0 Å². The maximum Gasteiger partial charge on any atom is 0.287 e. The zero-order valence-electron chi connectivity index (χ0n) is 13.5. The molecule has 3 N–H and O–H groups in total. The predicted molar refractivity (Wildman–Crippen MR) is 94.7 cm³/mol. The summed E-state index contributed by atoms with van der Waals surface area (Å²) in [5.74, 6) is -0.704. The van der Waals surface area contributed by atoms with Crippen molar-refractivity contribution in [2.45, 2.75) is 6.92 Å². The first kappa shape index (κ1) is 18.5. The lowest BCUT2D eigenvalue weighted by atomic mass is 10.2. The fourth-order valence-electron chi connectivity index (χ4n) is 1.97. The third-order valence-electron chi connectivity index (χ3n) is 3.00. The Morgan fingerprint density at radius 1 is 1.16 bits per heavy atom. The molecule has 0 spiro atoms. The molecule has 0 aliphatic carbocycles. The maximum atomic E-state index is 12.0. The Hall–Kier alpha value is -2.81. The average Bonchev–Trinajstić information content (AvgIpc) is 2.99. The molecule has 0 radical (unpaired) electrons. The lowest BCUT2D eigenvalue weighted by Gasteiger charge is -2.12. The highest BCUT2D eigenvalue weighted by atomic mass is 79.9. The van der Waals surface area contributed by atoms with Crippen LogP contribution in [0.15, 0.2) is 39.4 Å². The van der Waals surface area contributed by atoms with Gasteiger partial charge in [-0.25, -0.2) is 0 Å². The summed E-state index contributed by atoms with van der Waals surface area (Å²) in [6.07, 6.45) is 0. The van der Waals surface area contributed by atoms with E-state index in [-0.39, 0.29) is 18.2 Å². The molecule has 2 aromatic rings. The van der Waals surface area contributed by atoms with Gasteiger partial charge in [0.1, 0.15) is 5.75 Å². The standard InChI is InChI=1S/C16H16BrN3O5/c1-9(21)19-10-3-4-12(24-2)11(7-10)20-15(22)8-18-16(23)13-5-6-14(17)25-13/h3-7H,8H2,1-2H3,(H,18,23)(H,19,21)(H,20,22). The van der Waals surface area contributed by atoms with Gasteiger partial charge in [0.2, 0.25) is 11.8 Å². The second-order valence-corrected chi connectivity index (χ2v) is 5.71. The molecule has 1 aromatic carbocycles. The van der Waals surface area contributed by atoms with E-state index in [2.05, 4.69) is 31.9 Å². The molecule has 0 atom stereocenters. The van der Waals surface area contributed by atoms with E-state index in [4.69, 9.17) is 9.15 Å². The van der Waals surface area contributed by atoms with Crippen molar-refractivity contribution in [3.05, 3.63) is 40.8 Å². The van der Waals surface area contributed by atoms with Gasteiger partial charge in [-0.15, -0.1) is 0 Å². The second kappa shape index (κ2) is 8.34. The number of nitrogens with one attached hydrogen (secondary N) is 3. The lowest BCUT2D eigenvalue weighted by Crippen LogP contribution is -2.32. The molecule has 8 nitrogen and oxygen atoms in total. The van der Waals surface area contributed by atoms with E-state index in [0.29, 0.717) is 21.8 Å². The first-order valence-corrected chi connectivity index (χ1v) is 7.97. The minimum atomic E-state index is -0.514. The number of ether oxygens (including phenoxy) is 1. The van der Waals surface area contributed by atoms with Gasteiger partial charge in [-0.3, -0.25) is 14.4 Å². The molecule has 1 heterocycles. The number of carbonyl (C=O) groups is 3. The first-order valence-electron chi connectivity index (χ1n) is 7.18. The molecule has 0 bridgehead atoms. The monoisotopic (exact) mass is 409 g/mol. The summed E-state index contributed by atoms with van der Waals surface area (Å²) in [6, 6.07) is 7.88. The molecular formula is C16H16BrN3O5. The normalized spacial score (nSPS) is 10.0. The Labute approximate surface area is 152 Å². The topological polar surface area (TPSA) is 110 Å². The summed E-state index contributed by atoms with van der Waals surface area (Å²) < 4.78 is 10.7. The number of halogens is 1. The molecule has 3 amide bonds. The van der Waals surface area contributed by atoms with Crippen molar-refractivity contribution in [1.29, 1.82) is 0 Å². The highest BCUT2D eigenvalue weighted by Crippen LogP contribution is 2.27. The van der Waals surface area contributed by atoms with Crippen molar-refractivity contribution in [2.24, 2.45) is 0 Å². The van der Waals surface area contributed by atoms with Gasteiger partial charge in [0.15, 0.2) is 10.4 Å². The van der Waals surface area contributed by atoms with Crippen LogP contribution in [0.4, 0.5) is 11.4 Å². The van der Waals surface area contributed by atoms with Crippen LogP contribution >= 0.6 is 15.9 Å². The average molecular weight is 410 g/mol. The minimum Gasteiger partial charge on any atom is -0.495 e. The molecule has 1 aromatic heterocycles. The molecule has 0 aliphatic heterocycles. The van der Waals surface area contributed by atoms with Crippen molar-refractivity contribution < 1.29 is 23.5 Å². The number of hydrogen-bond donors (Lipinski definition) is 3. The molecule has 0 saturated heterocycles. The number of benzene rings is 1. The zero-order valence-corrected chi connectivity index (χ0v) is 15.1. The Morgan fingerprint density at radius 2 is 1.92 bits per heavy atom. The van der Waals surface area contributed by atoms with Crippen molar-refractivity contribution in [3.63, 3.8) is 0 Å². The number of methoxy groups -OCH3 is 1. The molecule has 0 saturated carbocycles. The Morgan fingerprint density at radius 3 is 2.52 bits per heavy atom. The molecular weight excluding hydrogens is 394 g/mol. The highest BCUT2D eigenvalue weighted by Gasteiger charge is 2.13. The smallest absolute Gasteiger partial charge is 0.287 e. The van der Waals surface area contributed by atoms with Crippen LogP contribution in [-0.4, -0.2) is 31.4 Å². The van der Waals surface area contributed by atoms with E-state index in [0.717, 1.165) is 0 Å². The summed E-state index contributed by atoms with van der Waals surface area (Å²) in [4.78, 5) is 35.0. The van der Waals surface area contributed by atoms with E-state index in [1.165, 1.54) is 20.1 Å². The Bertz CT molecular complexity index is 803. The summed E-state index contributed by atoms with van der Waals surface area (Å²) >= 11 is 3.09. The molecule has 0 unspecified atom stereocenters. The number of amides is 3. The SMILES string of the molecule is COc1ccc(NC(C)=O)cc1NC(=O)CNC(=O)c1ccc(Br)o1. The van der Waals surface area contributed by atoms with E-state index in [1.54, 1.807) is 24.3 Å². The van der Waals surface area contributed by atoms with Crippen molar-refractivity contribution in [1.82, 2.24) is 5.32 Å². The van der Waals surface area contributed by atoms with Crippen LogP contribution in [0.2, 0.25) is 0 Å². The second-order valence-electron chi connectivity index (χ2n) is 4.93. The van der Waals surface area contributed by atoms with Gasteiger partial charge < -0.3 is 25.1 Å². The highest BCUT2D eigenvalue weighted by molar-refractivity contribution is 9.10. The predicted octanol–water partition coefficient (Wildman–Crippen LogP) is 2.38. The van der Waals surface area contributed by atoms with Gasteiger partial charge in [0.05, 0.1) is 19.3 Å². The van der Waals surface area contributed by atoms with Crippen LogP contribution in [0.5, 0.6) is 5.75 Å². The van der Waals surface area contributed by atoms with Gasteiger partial charge >= 0.3 is 0 Å².